The molecule has 9 heteroatoms. The van der Waals surface area contributed by atoms with Gasteiger partial charge in [0.05, 0.1) is 12.2 Å². The number of amides is 4. The van der Waals surface area contributed by atoms with Crippen molar-refractivity contribution in [2.45, 2.75) is 26.2 Å². The molecule has 1 aromatic heterocycles. The first kappa shape index (κ1) is 25.1. The first-order valence-corrected chi connectivity index (χ1v) is 12.7. The number of rotatable bonds is 6. The fraction of sp³-hybridized carbons (Fsp3) is 0.259. The van der Waals surface area contributed by atoms with Gasteiger partial charge in [0, 0.05) is 24.2 Å². The quantitative estimate of drug-likeness (QED) is 0.480. The molecule has 0 saturated carbocycles. The number of hydrogen-bond acceptors (Lipinski definition) is 6. The molecule has 3 aromatic rings. The minimum Gasteiger partial charge on any atom is -0.450 e. The highest BCUT2D eigenvalue weighted by atomic mass is 32.1. The Morgan fingerprint density at radius 2 is 1.44 bits per heavy atom. The Bertz CT molecular complexity index is 1250. The van der Waals surface area contributed by atoms with Crippen LogP contribution in [-0.4, -0.2) is 48.4 Å². The number of alkyl carbamates (subject to hydrolysis) is 1. The third-order valence-corrected chi connectivity index (χ3v) is 6.71. The van der Waals surface area contributed by atoms with Gasteiger partial charge in [0.1, 0.15) is 5.00 Å². The van der Waals surface area contributed by atoms with E-state index in [2.05, 4.69) is 10.6 Å². The molecule has 2 heterocycles. The van der Waals surface area contributed by atoms with Gasteiger partial charge in [-0.15, -0.1) is 11.3 Å². The number of hydrogen-bond donors (Lipinski definition) is 2. The van der Waals surface area contributed by atoms with Crippen LogP contribution < -0.4 is 10.6 Å². The Hall–Kier alpha value is -3.98. The highest BCUT2D eigenvalue weighted by Crippen LogP contribution is 2.25. The summed E-state index contributed by atoms with van der Waals surface area (Å²) >= 11 is 1.18. The molecule has 0 unspecified atom stereocenters. The van der Waals surface area contributed by atoms with Crippen molar-refractivity contribution in [2.75, 3.05) is 25.0 Å². The average molecular weight is 506 g/mol. The first-order chi connectivity index (χ1) is 17.5. The van der Waals surface area contributed by atoms with Crippen LogP contribution in [0.3, 0.4) is 0 Å². The zero-order valence-corrected chi connectivity index (χ0v) is 20.7. The van der Waals surface area contributed by atoms with Crippen LogP contribution in [0.15, 0.2) is 60.0 Å². The molecule has 36 heavy (non-hydrogen) atoms. The number of carbonyl (C=O) groups excluding carboxylic acids is 4. The number of nitrogens with one attached hydrogen (secondary N) is 2. The van der Waals surface area contributed by atoms with Crippen LogP contribution in [0, 0.1) is 0 Å². The Labute approximate surface area is 213 Å². The molecule has 186 valence electrons. The molecular weight excluding hydrogens is 478 g/mol. The summed E-state index contributed by atoms with van der Waals surface area (Å²) in [5.74, 6) is -0.962. The van der Waals surface area contributed by atoms with Gasteiger partial charge in [0.25, 0.3) is 17.7 Å². The summed E-state index contributed by atoms with van der Waals surface area (Å²) < 4.78 is 4.72. The van der Waals surface area contributed by atoms with Crippen LogP contribution in [0.4, 0.5) is 9.80 Å². The van der Waals surface area contributed by atoms with Crippen LogP contribution in [0.1, 0.15) is 57.3 Å². The summed E-state index contributed by atoms with van der Waals surface area (Å²) in [7, 11) is 0. The van der Waals surface area contributed by atoms with E-state index in [0.717, 1.165) is 37.1 Å². The minimum absolute atomic E-state index is 0.0668. The van der Waals surface area contributed by atoms with E-state index in [9.17, 15) is 19.2 Å². The minimum atomic E-state index is -0.842. The molecule has 0 spiro atoms. The van der Waals surface area contributed by atoms with Gasteiger partial charge in [-0.25, -0.2) is 4.79 Å². The molecule has 8 nitrogen and oxygen atoms in total. The summed E-state index contributed by atoms with van der Waals surface area (Å²) in [6.07, 6.45) is 2.44. The fourth-order valence-corrected chi connectivity index (χ4v) is 4.77. The maximum atomic E-state index is 12.8. The number of anilines is 1. The monoisotopic (exact) mass is 505 g/mol. The van der Waals surface area contributed by atoms with Crippen molar-refractivity contribution in [3.63, 3.8) is 0 Å². The van der Waals surface area contributed by atoms with Gasteiger partial charge >= 0.3 is 6.09 Å². The van der Waals surface area contributed by atoms with Crippen molar-refractivity contribution in [1.82, 2.24) is 10.2 Å². The number of ether oxygens (including phenoxy) is 1. The standard InChI is InChI=1S/C27H27N3O5S/c1-2-35-27(34)29-24(32)22-14-17-36-25(22)28-23(31)20-10-6-18(7-11-20)19-8-12-21(13-9-19)26(33)30-15-4-3-5-16-30/h6-14,17H,2-5,15-16H2,1H3,(H,28,31)(H,29,32,34). The molecule has 2 N–H and O–H groups in total. The lowest BCUT2D eigenvalue weighted by Crippen LogP contribution is -2.35. The number of imide groups is 1. The Kier molecular flexibility index (Phi) is 8.12. The average Bonchev–Trinajstić information content (AvgIpc) is 3.37. The smallest absolute Gasteiger partial charge is 0.414 e. The summed E-state index contributed by atoms with van der Waals surface area (Å²) in [5, 5.41) is 6.84. The number of piperidine rings is 1. The second kappa shape index (κ2) is 11.6. The lowest BCUT2D eigenvalue weighted by molar-refractivity contribution is 0.0723. The molecule has 1 saturated heterocycles. The number of carbonyl (C=O) groups is 4. The molecule has 0 atom stereocenters. The van der Waals surface area contributed by atoms with Gasteiger partial charge in [-0.3, -0.25) is 19.7 Å². The second-order valence-electron chi connectivity index (χ2n) is 8.30. The summed E-state index contributed by atoms with van der Waals surface area (Å²) in [6, 6.07) is 16.1. The van der Waals surface area contributed by atoms with E-state index in [1.165, 1.54) is 23.8 Å². The maximum absolute atomic E-state index is 12.8. The zero-order chi connectivity index (χ0) is 25.5. The molecule has 2 aromatic carbocycles. The highest BCUT2D eigenvalue weighted by Gasteiger charge is 2.19. The van der Waals surface area contributed by atoms with Gasteiger partial charge in [0.2, 0.25) is 0 Å². The van der Waals surface area contributed by atoms with Crippen LogP contribution in [-0.2, 0) is 4.74 Å². The van der Waals surface area contributed by atoms with Gasteiger partial charge in [-0.2, -0.15) is 0 Å². The molecule has 4 amide bonds. The van der Waals surface area contributed by atoms with E-state index in [4.69, 9.17) is 4.74 Å². The van der Waals surface area contributed by atoms with Gasteiger partial charge in [-0.1, -0.05) is 24.3 Å². The molecule has 1 fully saturated rings. The summed E-state index contributed by atoms with van der Waals surface area (Å²) in [5.41, 5.74) is 3.12. The second-order valence-corrected chi connectivity index (χ2v) is 9.22. The van der Waals surface area contributed by atoms with E-state index in [1.807, 2.05) is 41.3 Å². The zero-order valence-electron chi connectivity index (χ0n) is 19.9. The van der Waals surface area contributed by atoms with Gasteiger partial charge in [0.15, 0.2) is 0 Å². The van der Waals surface area contributed by atoms with Crippen molar-refractivity contribution in [2.24, 2.45) is 0 Å². The van der Waals surface area contributed by atoms with E-state index in [-0.39, 0.29) is 24.0 Å². The third-order valence-electron chi connectivity index (χ3n) is 5.88. The van der Waals surface area contributed by atoms with Crippen LogP contribution in [0.2, 0.25) is 0 Å². The molecular formula is C27H27N3O5S. The van der Waals surface area contributed by atoms with Crippen LogP contribution >= 0.6 is 11.3 Å². The lowest BCUT2D eigenvalue weighted by atomic mass is 10.0. The third kappa shape index (κ3) is 5.98. The number of thiophene rings is 1. The fourth-order valence-electron chi connectivity index (χ4n) is 3.99. The number of benzene rings is 2. The van der Waals surface area contributed by atoms with E-state index in [1.54, 1.807) is 24.4 Å². The van der Waals surface area contributed by atoms with Gasteiger partial charge in [-0.05, 0) is 73.0 Å². The molecule has 0 aliphatic carbocycles. The number of likely N-dealkylation sites (tertiary alicyclic amines) is 1. The normalized spacial score (nSPS) is 13.1. The molecule has 1 aliphatic heterocycles. The van der Waals surface area contributed by atoms with Crippen LogP contribution in [0.25, 0.3) is 11.1 Å². The summed E-state index contributed by atoms with van der Waals surface area (Å²) in [6.45, 7) is 3.40. The number of nitrogens with zero attached hydrogens (tertiary/aromatic N) is 1. The van der Waals surface area contributed by atoms with Crippen molar-refractivity contribution in [3.05, 3.63) is 76.7 Å². The van der Waals surface area contributed by atoms with Crippen molar-refractivity contribution < 1.29 is 23.9 Å². The molecule has 0 radical (unpaired) electrons. The summed E-state index contributed by atoms with van der Waals surface area (Å²) in [4.78, 5) is 51.2. The maximum Gasteiger partial charge on any atom is 0.414 e. The highest BCUT2D eigenvalue weighted by molar-refractivity contribution is 7.14. The van der Waals surface area contributed by atoms with E-state index in [0.29, 0.717) is 16.1 Å². The van der Waals surface area contributed by atoms with Gasteiger partial charge < -0.3 is 15.0 Å². The van der Waals surface area contributed by atoms with Crippen molar-refractivity contribution in [3.8, 4) is 11.1 Å². The van der Waals surface area contributed by atoms with Crippen molar-refractivity contribution >= 4 is 40.2 Å². The van der Waals surface area contributed by atoms with E-state index >= 15 is 0 Å². The molecule has 1 aliphatic rings. The first-order valence-electron chi connectivity index (χ1n) is 11.8. The van der Waals surface area contributed by atoms with Crippen molar-refractivity contribution in [1.29, 1.82) is 0 Å². The van der Waals surface area contributed by atoms with Crippen LogP contribution in [0.5, 0.6) is 0 Å². The van der Waals surface area contributed by atoms with E-state index < -0.39 is 12.0 Å². The Morgan fingerprint density at radius 1 is 0.833 bits per heavy atom. The Morgan fingerprint density at radius 3 is 2.06 bits per heavy atom. The molecule has 0 bridgehead atoms. The largest absolute Gasteiger partial charge is 0.450 e. The topological polar surface area (TPSA) is 105 Å². The lowest BCUT2D eigenvalue weighted by Gasteiger charge is -2.26. The SMILES string of the molecule is CCOC(=O)NC(=O)c1ccsc1NC(=O)c1ccc(-c2ccc(C(=O)N3CCCCC3)cc2)cc1. The molecule has 4 rings (SSSR count). The predicted octanol–water partition coefficient (Wildman–Crippen LogP) is 5.18. The Balaban J connectivity index is 1.39. The predicted molar refractivity (Wildman–Crippen MR) is 138 cm³/mol.